The Morgan fingerprint density at radius 1 is 1.42 bits per heavy atom. The second-order valence-electron chi connectivity index (χ2n) is 5.63. The molecule has 1 aromatic heterocycles. The van der Waals surface area contributed by atoms with Gasteiger partial charge in [-0.05, 0) is 45.2 Å². The average Bonchev–Trinajstić information content (AvgIpc) is 3.05. The van der Waals surface area contributed by atoms with Gasteiger partial charge in [-0.25, -0.2) is 13.1 Å². The van der Waals surface area contributed by atoms with Crippen molar-refractivity contribution < 1.29 is 8.42 Å². The molecule has 0 aromatic carbocycles. The third-order valence-electron chi connectivity index (χ3n) is 3.48. The minimum atomic E-state index is -3.39. The van der Waals surface area contributed by atoms with Gasteiger partial charge >= 0.3 is 0 Å². The molecule has 19 heavy (non-hydrogen) atoms. The lowest BCUT2D eigenvalue weighted by Crippen LogP contribution is -2.44. The van der Waals surface area contributed by atoms with Crippen molar-refractivity contribution in [3.63, 3.8) is 0 Å². The first-order valence-electron chi connectivity index (χ1n) is 6.67. The van der Waals surface area contributed by atoms with Gasteiger partial charge in [-0.2, -0.15) is 0 Å². The summed E-state index contributed by atoms with van der Waals surface area (Å²) in [4.78, 5) is 1.44. The first-order valence-corrected chi connectivity index (χ1v) is 9.03. The summed E-state index contributed by atoms with van der Waals surface area (Å²) >= 11 is 1.48. The Balaban J connectivity index is 2.08. The third kappa shape index (κ3) is 3.78. The van der Waals surface area contributed by atoms with Crippen LogP contribution in [0.4, 0.5) is 0 Å². The monoisotopic (exact) mass is 302 g/mol. The average molecular weight is 302 g/mol. The van der Waals surface area contributed by atoms with Crippen molar-refractivity contribution in [2.75, 3.05) is 6.54 Å². The van der Waals surface area contributed by atoms with Crippen LogP contribution in [0.2, 0.25) is 0 Å². The van der Waals surface area contributed by atoms with Crippen molar-refractivity contribution in [2.24, 2.45) is 5.92 Å². The standard InChI is InChI=1S/C13H22N2O2S2/c1-4-14-8-11-7-12(9-18-11)19(16,17)15-13(2,3)10-5-6-10/h7,9-10,14-15H,4-6,8H2,1-3H3. The summed E-state index contributed by atoms with van der Waals surface area (Å²) < 4.78 is 27.5. The van der Waals surface area contributed by atoms with Crippen LogP contribution in [0.15, 0.2) is 16.3 Å². The summed E-state index contributed by atoms with van der Waals surface area (Å²) in [7, 11) is -3.39. The molecule has 1 aromatic rings. The summed E-state index contributed by atoms with van der Waals surface area (Å²) in [5.41, 5.74) is -0.345. The smallest absolute Gasteiger partial charge is 0.241 e. The van der Waals surface area contributed by atoms with E-state index in [1.54, 1.807) is 11.4 Å². The van der Waals surface area contributed by atoms with E-state index >= 15 is 0 Å². The van der Waals surface area contributed by atoms with E-state index in [2.05, 4.69) is 10.0 Å². The lowest BCUT2D eigenvalue weighted by atomic mass is 10.0. The van der Waals surface area contributed by atoms with Gasteiger partial charge in [0.1, 0.15) is 0 Å². The second kappa shape index (κ2) is 5.52. The minimum Gasteiger partial charge on any atom is -0.312 e. The molecule has 1 aliphatic carbocycles. The summed E-state index contributed by atoms with van der Waals surface area (Å²) in [5.74, 6) is 0.474. The Labute approximate surface area is 119 Å². The van der Waals surface area contributed by atoms with Crippen LogP contribution in [-0.2, 0) is 16.6 Å². The fraction of sp³-hybridized carbons (Fsp3) is 0.692. The predicted octanol–water partition coefficient (Wildman–Crippen LogP) is 2.32. The van der Waals surface area contributed by atoms with Crippen molar-refractivity contribution in [1.29, 1.82) is 0 Å². The Morgan fingerprint density at radius 3 is 2.68 bits per heavy atom. The fourth-order valence-electron chi connectivity index (χ4n) is 2.14. The third-order valence-corrected chi connectivity index (χ3v) is 6.22. The summed E-state index contributed by atoms with van der Waals surface area (Å²) in [6.45, 7) is 7.57. The minimum absolute atomic E-state index is 0.345. The first-order chi connectivity index (χ1) is 8.85. The highest BCUT2D eigenvalue weighted by molar-refractivity contribution is 7.89. The van der Waals surface area contributed by atoms with Crippen LogP contribution >= 0.6 is 11.3 Å². The molecule has 0 unspecified atom stereocenters. The van der Waals surface area contributed by atoms with Gasteiger partial charge in [-0.1, -0.05) is 6.92 Å². The highest BCUT2D eigenvalue weighted by Crippen LogP contribution is 2.40. The summed E-state index contributed by atoms with van der Waals surface area (Å²) in [6, 6.07) is 1.76. The van der Waals surface area contributed by atoms with Crippen LogP contribution in [0.5, 0.6) is 0 Å². The molecule has 108 valence electrons. The van der Waals surface area contributed by atoms with Gasteiger partial charge in [0.05, 0.1) is 4.90 Å². The molecule has 0 spiro atoms. The first kappa shape index (κ1) is 15.0. The normalized spacial score (nSPS) is 16.8. The van der Waals surface area contributed by atoms with Gasteiger partial charge in [0.15, 0.2) is 0 Å². The van der Waals surface area contributed by atoms with Crippen molar-refractivity contribution >= 4 is 21.4 Å². The van der Waals surface area contributed by atoms with Crippen LogP contribution in [0.3, 0.4) is 0 Å². The number of hydrogen-bond acceptors (Lipinski definition) is 4. The SMILES string of the molecule is CCNCc1cc(S(=O)(=O)NC(C)(C)C2CC2)cs1. The van der Waals surface area contributed by atoms with E-state index in [0.29, 0.717) is 10.8 Å². The molecule has 0 bridgehead atoms. The topological polar surface area (TPSA) is 58.2 Å². The molecule has 4 nitrogen and oxygen atoms in total. The Bertz CT molecular complexity index is 531. The summed E-state index contributed by atoms with van der Waals surface area (Å²) in [5, 5.41) is 4.92. The number of nitrogens with one attached hydrogen (secondary N) is 2. The van der Waals surface area contributed by atoms with Crippen LogP contribution < -0.4 is 10.0 Å². The maximum atomic E-state index is 12.3. The van der Waals surface area contributed by atoms with E-state index in [0.717, 1.165) is 30.8 Å². The fourth-order valence-corrected chi connectivity index (χ4v) is 4.85. The predicted molar refractivity (Wildman–Crippen MR) is 78.8 cm³/mol. The number of sulfonamides is 1. The Morgan fingerprint density at radius 2 is 2.11 bits per heavy atom. The molecule has 1 aliphatic rings. The van der Waals surface area contributed by atoms with Crippen molar-refractivity contribution in [2.45, 2.75) is 50.6 Å². The molecule has 0 radical (unpaired) electrons. The van der Waals surface area contributed by atoms with Crippen molar-refractivity contribution in [1.82, 2.24) is 10.0 Å². The molecule has 1 fully saturated rings. The van der Waals surface area contributed by atoms with Crippen LogP contribution in [0.25, 0.3) is 0 Å². The van der Waals surface area contributed by atoms with Crippen molar-refractivity contribution in [3.8, 4) is 0 Å². The summed E-state index contributed by atoms with van der Waals surface area (Å²) in [6.07, 6.45) is 2.23. The van der Waals surface area contributed by atoms with Gasteiger partial charge in [0.25, 0.3) is 0 Å². The lowest BCUT2D eigenvalue weighted by Gasteiger charge is -2.25. The zero-order valence-corrected chi connectivity index (χ0v) is 13.3. The molecule has 6 heteroatoms. The largest absolute Gasteiger partial charge is 0.312 e. The van der Waals surface area contributed by atoms with Gasteiger partial charge in [0, 0.05) is 22.3 Å². The van der Waals surface area contributed by atoms with Crippen LogP contribution in [-0.4, -0.2) is 20.5 Å². The Kier molecular flexibility index (Phi) is 4.35. The van der Waals surface area contributed by atoms with Crippen molar-refractivity contribution in [3.05, 3.63) is 16.3 Å². The molecule has 0 saturated heterocycles. The molecule has 2 N–H and O–H groups in total. The van der Waals surface area contributed by atoms with Crippen LogP contribution in [0.1, 0.15) is 38.5 Å². The lowest BCUT2D eigenvalue weighted by molar-refractivity contribution is 0.400. The zero-order chi connectivity index (χ0) is 14.1. The maximum Gasteiger partial charge on any atom is 0.241 e. The molecular formula is C13H22N2O2S2. The molecule has 0 aliphatic heterocycles. The molecule has 2 rings (SSSR count). The molecule has 1 heterocycles. The van der Waals surface area contributed by atoms with E-state index < -0.39 is 10.0 Å². The van der Waals surface area contributed by atoms with Gasteiger partial charge in [-0.15, -0.1) is 11.3 Å². The van der Waals surface area contributed by atoms with Gasteiger partial charge < -0.3 is 5.32 Å². The second-order valence-corrected chi connectivity index (χ2v) is 8.31. The highest BCUT2D eigenvalue weighted by Gasteiger charge is 2.40. The Hall–Kier alpha value is -0.430. The highest BCUT2D eigenvalue weighted by atomic mass is 32.2. The van der Waals surface area contributed by atoms with E-state index in [9.17, 15) is 8.42 Å². The number of hydrogen-bond donors (Lipinski definition) is 2. The van der Waals surface area contributed by atoms with Crippen LogP contribution in [0, 0.1) is 5.92 Å². The number of rotatable bonds is 7. The number of thiophene rings is 1. The van der Waals surface area contributed by atoms with E-state index in [-0.39, 0.29) is 5.54 Å². The van der Waals surface area contributed by atoms with E-state index in [4.69, 9.17) is 0 Å². The van der Waals surface area contributed by atoms with E-state index in [1.165, 1.54) is 11.3 Å². The quantitative estimate of drug-likeness (QED) is 0.812. The maximum absolute atomic E-state index is 12.3. The zero-order valence-electron chi connectivity index (χ0n) is 11.7. The molecule has 0 amide bonds. The molecular weight excluding hydrogens is 280 g/mol. The van der Waals surface area contributed by atoms with Gasteiger partial charge in [0.2, 0.25) is 10.0 Å². The molecule has 0 atom stereocenters. The van der Waals surface area contributed by atoms with Gasteiger partial charge in [-0.3, -0.25) is 0 Å². The molecule has 1 saturated carbocycles. The van der Waals surface area contributed by atoms with E-state index in [1.807, 2.05) is 20.8 Å².